The molecule has 0 spiro atoms. The quantitative estimate of drug-likeness (QED) is 0.172. The van der Waals surface area contributed by atoms with Crippen LogP contribution in [0, 0.1) is 0 Å². The number of ether oxygens (including phenoxy) is 2. The minimum atomic E-state index is -0.132. The van der Waals surface area contributed by atoms with Crippen LogP contribution in [0.1, 0.15) is 119 Å². The van der Waals surface area contributed by atoms with Gasteiger partial charge >= 0.3 is 0 Å². The number of furan rings is 2. The minimum absolute atomic E-state index is 0.132. The fourth-order valence-electron chi connectivity index (χ4n) is 6.89. The van der Waals surface area contributed by atoms with Crippen molar-refractivity contribution in [1.82, 2.24) is 10.6 Å². The summed E-state index contributed by atoms with van der Waals surface area (Å²) in [6.07, 6.45) is 6.63. The lowest BCUT2D eigenvalue weighted by Gasteiger charge is -2.40. The molecule has 0 radical (unpaired) electrons. The van der Waals surface area contributed by atoms with Crippen molar-refractivity contribution in [3.63, 3.8) is 0 Å². The molecule has 0 aliphatic heterocycles. The number of rotatable bonds is 11. The second-order valence-electron chi connectivity index (χ2n) is 17.5. The molecular formula is C40H56N2O4. The van der Waals surface area contributed by atoms with Gasteiger partial charge in [0.2, 0.25) is 0 Å². The first-order valence-corrected chi connectivity index (χ1v) is 17.4. The molecule has 250 valence electrons. The summed E-state index contributed by atoms with van der Waals surface area (Å²) in [5.41, 5.74) is 1.81. The Morgan fingerprint density at radius 2 is 1.02 bits per heavy atom. The third-order valence-electron chi connectivity index (χ3n) is 9.76. The summed E-state index contributed by atoms with van der Waals surface area (Å²) in [6, 6.07) is 17.9. The van der Waals surface area contributed by atoms with Crippen molar-refractivity contribution in [3.05, 3.63) is 60.1 Å². The van der Waals surface area contributed by atoms with Gasteiger partial charge in [0, 0.05) is 50.8 Å². The van der Waals surface area contributed by atoms with Crippen molar-refractivity contribution < 1.29 is 18.3 Å². The van der Waals surface area contributed by atoms with Crippen LogP contribution in [0.2, 0.25) is 0 Å². The van der Waals surface area contributed by atoms with E-state index in [0.29, 0.717) is 12.1 Å². The molecule has 4 aromatic rings. The lowest BCUT2D eigenvalue weighted by molar-refractivity contribution is 0.0731. The van der Waals surface area contributed by atoms with Gasteiger partial charge in [-0.1, -0.05) is 27.7 Å². The first-order valence-electron chi connectivity index (χ1n) is 17.4. The van der Waals surface area contributed by atoms with Crippen LogP contribution >= 0.6 is 0 Å². The molecule has 6 rings (SSSR count). The number of benzene rings is 2. The highest BCUT2D eigenvalue weighted by Crippen LogP contribution is 2.41. The highest BCUT2D eigenvalue weighted by molar-refractivity contribution is 5.80. The molecule has 2 aliphatic rings. The first-order chi connectivity index (χ1) is 21.4. The number of fused-ring (bicyclic) bond motifs is 2. The summed E-state index contributed by atoms with van der Waals surface area (Å²) >= 11 is 0. The molecule has 6 heteroatoms. The normalized spacial score (nSPS) is 22.6. The maximum atomic E-state index is 6.47. The lowest BCUT2D eigenvalue weighted by atomic mass is 9.76. The topological polar surface area (TPSA) is 68.8 Å². The molecule has 0 saturated heterocycles. The Balaban J connectivity index is 1.05. The fraction of sp³-hybridized carbons (Fsp3) is 0.600. The Bertz CT molecular complexity index is 1530. The minimum Gasteiger partial charge on any atom is -0.490 e. The average molecular weight is 629 g/mol. The molecule has 46 heavy (non-hydrogen) atoms. The van der Waals surface area contributed by atoms with E-state index in [1.807, 2.05) is 6.07 Å². The number of hydrogen-bond donors (Lipinski definition) is 2. The second kappa shape index (κ2) is 11.9. The Morgan fingerprint density at radius 1 is 0.565 bits per heavy atom. The number of hydrogen-bond acceptors (Lipinski definition) is 6. The van der Waals surface area contributed by atoms with E-state index in [0.717, 1.165) is 83.5 Å². The van der Waals surface area contributed by atoms with Gasteiger partial charge in [0.1, 0.15) is 46.4 Å². The highest BCUT2D eigenvalue weighted by Gasteiger charge is 2.35. The molecule has 2 aliphatic carbocycles. The van der Waals surface area contributed by atoms with E-state index in [1.54, 1.807) is 0 Å². The Kier molecular flexibility index (Phi) is 8.55. The zero-order valence-electron chi connectivity index (χ0n) is 29.8. The monoisotopic (exact) mass is 628 g/mol. The molecular weight excluding hydrogens is 572 g/mol. The van der Waals surface area contributed by atoms with Crippen molar-refractivity contribution in [2.45, 2.75) is 154 Å². The first kappa shape index (κ1) is 33.0. The summed E-state index contributed by atoms with van der Waals surface area (Å²) in [7, 11) is 0. The van der Waals surface area contributed by atoms with E-state index in [4.69, 9.17) is 18.3 Å². The zero-order valence-corrected chi connectivity index (χ0v) is 29.8. The Morgan fingerprint density at radius 3 is 1.54 bits per heavy atom. The smallest absolute Gasteiger partial charge is 0.137 e. The summed E-state index contributed by atoms with van der Waals surface area (Å²) < 4.78 is 25.5. The fourth-order valence-corrected chi connectivity index (χ4v) is 6.89. The molecule has 2 N–H and O–H groups in total. The Labute approximate surface area is 276 Å². The van der Waals surface area contributed by atoms with Crippen molar-refractivity contribution in [1.29, 1.82) is 0 Å². The summed E-state index contributed by atoms with van der Waals surface area (Å²) in [4.78, 5) is 0. The van der Waals surface area contributed by atoms with Gasteiger partial charge in [0.05, 0.1) is 0 Å². The molecule has 2 aromatic heterocycles. The van der Waals surface area contributed by atoms with E-state index in [-0.39, 0.29) is 34.1 Å². The summed E-state index contributed by atoms with van der Waals surface area (Å²) in [5.74, 6) is 3.83. The Hall–Kier alpha value is -2.96. The van der Waals surface area contributed by atoms with Gasteiger partial charge in [0.15, 0.2) is 0 Å². The average Bonchev–Trinajstić information content (AvgIpc) is 3.53. The van der Waals surface area contributed by atoms with Gasteiger partial charge in [-0.05, 0) is 123 Å². The largest absolute Gasteiger partial charge is 0.490 e. The third-order valence-corrected chi connectivity index (χ3v) is 9.76. The van der Waals surface area contributed by atoms with Crippen molar-refractivity contribution in [2.24, 2.45) is 0 Å². The van der Waals surface area contributed by atoms with E-state index < -0.39 is 0 Å². The molecule has 0 unspecified atom stereocenters. The van der Waals surface area contributed by atoms with Crippen LogP contribution in [0.5, 0.6) is 11.5 Å². The molecule has 0 bridgehead atoms. The van der Waals surface area contributed by atoms with Gasteiger partial charge in [-0.15, -0.1) is 0 Å². The van der Waals surface area contributed by atoms with Crippen LogP contribution in [0.3, 0.4) is 0 Å². The molecule has 0 atom stereocenters. The van der Waals surface area contributed by atoms with Gasteiger partial charge in [-0.25, -0.2) is 0 Å². The molecule has 0 amide bonds. The van der Waals surface area contributed by atoms with E-state index in [2.05, 4.69) is 122 Å². The molecule has 2 fully saturated rings. The van der Waals surface area contributed by atoms with Crippen LogP contribution in [0.25, 0.3) is 21.9 Å². The van der Waals surface area contributed by atoms with E-state index in [1.165, 1.54) is 0 Å². The molecule has 2 aromatic carbocycles. The molecule has 2 heterocycles. The highest BCUT2D eigenvalue weighted by atomic mass is 16.5. The van der Waals surface area contributed by atoms with E-state index in [9.17, 15) is 0 Å². The summed E-state index contributed by atoms with van der Waals surface area (Å²) in [6.45, 7) is 22.4. The predicted octanol–water partition coefficient (Wildman–Crippen LogP) is 9.81. The predicted molar refractivity (Wildman–Crippen MR) is 188 cm³/mol. The maximum absolute atomic E-state index is 6.47. The van der Waals surface area contributed by atoms with Crippen molar-refractivity contribution in [3.8, 4) is 11.5 Å². The van der Waals surface area contributed by atoms with Crippen LogP contribution in [0.4, 0.5) is 0 Å². The van der Waals surface area contributed by atoms with Gasteiger partial charge in [-0.3, -0.25) is 0 Å². The van der Waals surface area contributed by atoms with Gasteiger partial charge in [0.25, 0.3) is 0 Å². The van der Waals surface area contributed by atoms with Crippen LogP contribution in [0.15, 0.2) is 57.4 Å². The maximum Gasteiger partial charge on any atom is 0.137 e. The van der Waals surface area contributed by atoms with Crippen molar-refractivity contribution >= 4 is 21.9 Å². The van der Waals surface area contributed by atoms with Crippen LogP contribution in [-0.2, 0) is 10.8 Å². The lowest BCUT2D eigenvalue weighted by Crippen LogP contribution is -2.53. The third kappa shape index (κ3) is 7.77. The van der Waals surface area contributed by atoms with Crippen LogP contribution in [-0.4, -0.2) is 35.4 Å². The van der Waals surface area contributed by atoms with Crippen molar-refractivity contribution in [2.75, 3.05) is 0 Å². The van der Waals surface area contributed by atoms with Gasteiger partial charge in [-0.2, -0.15) is 0 Å². The zero-order chi connectivity index (χ0) is 33.1. The molecule has 2 saturated carbocycles. The summed E-state index contributed by atoms with van der Waals surface area (Å²) in [5, 5.41) is 9.56. The number of nitrogens with one attached hydrogen (secondary N) is 2. The van der Waals surface area contributed by atoms with Crippen LogP contribution < -0.4 is 20.1 Å². The van der Waals surface area contributed by atoms with E-state index >= 15 is 0 Å². The standard InChI is InChI=1S/C40H56N2O4/c1-37(2,3)41-27-20-31(21-27)43-29-13-14-33-26(17-29)19-36(45-33)40(9,10)16-15-39(7,8)35-18-25-11-12-30(24-34(25)46-35)44-32-22-28(23-32)42-38(4,5)6/h11-14,17-19,24,27-28,31-32,41-42H,15-16,20-23H2,1-10H3/t27-,28-,31+,32+. The SMILES string of the molecule is CC(C)(C)N[C@H]1C[C@@H](Oc2ccc3oc(C(C)(C)CCC(C)(C)c4cc5ccc(O[C@H]6C[C@@H](NC(C)(C)C)C6)cc5o4)cc3c2)C1. The molecule has 6 nitrogen and oxygen atoms in total. The second-order valence-corrected chi connectivity index (χ2v) is 17.5. The van der Waals surface area contributed by atoms with Gasteiger partial charge < -0.3 is 28.9 Å².